The fraction of sp³-hybridized carbons (Fsp3) is 0.636. The molecule has 5 N–H and O–H groups in total. The van der Waals surface area contributed by atoms with Crippen molar-refractivity contribution in [2.24, 2.45) is 0 Å². The Morgan fingerprint density at radius 3 is 2.65 bits per heavy atom. The van der Waals surface area contributed by atoms with Crippen LogP contribution in [-0.2, 0) is 0 Å². The zero-order chi connectivity index (χ0) is 12.3. The van der Waals surface area contributed by atoms with Crippen LogP contribution in [0.2, 0.25) is 0 Å². The number of nitrogens with zero attached hydrogens (tertiary/aromatic N) is 3. The van der Waals surface area contributed by atoms with Crippen LogP contribution < -0.4 is 16.4 Å². The molecule has 1 fully saturated rings. The Morgan fingerprint density at radius 2 is 2.12 bits per heavy atom. The summed E-state index contributed by atoms with van der Waals surface area (Å²) in [7, 11) is 0. The highest BCUT2D eigenvalue weighted by Gasteiger charge is 2.26. The quantitative estimate of drug-likeness (QED) is 0.684. The Morgan fingerprint density at radius 1 is 1.35 bits per heavy atom. The first-order valence-corrected chi connectivity index (χ1v) is 5.98. The normalized spacial score (nSPS) is 15.6. The molecule has 1 aromatic heterocycles. The maximum absolute atomic E-state index is 8.93. The summed E-state index contributed by atoms with van der Waals surface area (Å²) in [6, 6.07) is 2.24. The summed E-state index contributed by atoms with van der Waals surface area (Å²) >= 11 is 0. The summed E-state index contributed by atoms with van der Waals surface area (Å²) in [6.45, 7) is 0.955. The number of aliphatic hydroxyl groups excluding tert-OH is 1. The third-order valence-electron chi connectivity index (χ3n) is 3.12. The summed E-state index contributed by atoms with van der Waals surface area (Å²) in [5.41, 5.74) is 11.3. The van der Waals surface area contributed by atoms with E-state index in [9.17, 15) is 0 Å². The van der Waals surface area contributed by atoms with E-state index in [1.54, 1.807) is 6.07 Å². The van der Waals surface area contributed by atoms with E-state index >= 15 is 0 Å². The van der Waals surface area contributed by atoms with Gasteiger partial charge in [-0.25, -0.2) is 0 Å². The minimum atomic E-state index is 0.180. The van der Waals surface area contributed by atoms with Gasteiger partial charge in [0.05, 0.1) is 0 Å². The largest absolute Gasteiger partial charge is 0.396 e. The third-order valence-corrected chi connectivity index (χ3v) is 3.12. The van der Waals surface area contributed by atoms with Gasteiger partial charge in [-0.1, -0.05) is 0 Å². The van der Waals surface area contributed by atoms with E-state index in [-0.39, 0.29) is 12.6 Å². The van der Waals surface area contributed by atoms with Crippen LogP contribution in [0.1, 0.15) is 25.7 Å². The number of anilines is 3. The van der Waals surface area contributed by atoms with Crippen molar-refractivity contribution in [3.8, 4) is 0 Å². The predicted octanol–water partition coefficient (Wildman–Crippen LogP) is 0.382. The van der Waals surface area contributed by atoms with Gasteiger partial charge in [-0.3, -0.25) is 0 Å². The zero-order valence-electron chi connectivity index (χ0n) is 9.84. The molecule has 0 amide bonds. The van der Waals surface area contributed by atoms with E-state index in [2.05, 4.69) is 14.9 Å². The molecule has 1 aliphatic rings. The SMILES string of the molecule is Nc1cc(N(CCCO)C2CCC2)nc(N)n1. The second-order valence-corrected chi connectivity index (χ2v) is 4.36. The zero-order valence-corrected chi connectivity index (χ0v) is 9.84. The fourth-order valence-corrected chi connectivity index (χ4v) is 2.04. The molecule has 0 atom stereocenters. The van der Waals surface area contributed by atoms with Crippen LogP contribution in [0.5, 0.6) is 0 Å². The molecule has 1 saturated carbocycles. The molecule has 1 heterocycles. The summed E-state index contributed by atoms with van der Waals surface area (Å²) in [6.07, 6.45) is 4.29. The van der Waals surface area contributed by atoms with Gasteiger partial charge in [0.15, 0.2) is 0 Å². The van der Waals surface area contributed by atoms with Crippen LogP contribution in [0.3, 0.4) is 0 Å². The van der Waals surface area contributed by atoms with E-state index in [0.717, 1.165) is 31.6 Å². The summed E-state index contributed by atoms with van der Waals surface area (Å²) in [4.78, 5) is 10.3. The lowest BCUT2D eigenvalue weighted by molar-refractivity contribution is 0.282. The van der Waals surface area contributed by atoms with Crippen molar-refractivity contribution in [2.45, 2.75) is 31.7 Å². The van der Waals surface area contributed by atoms with Gasteiger partial charge in [-0.2, -0.15) is 9.97 Å². The minimum Gasteiger partial charge on any atom is -0.396 e. The van der Waals surface area contributed by atoms with Crippen molar-refractivity contribution in [1.82, 2.24) is 9.97 Å². The van der Waals surface area contributed by atoms with Gasteiger partial charge in [-0.05, 0) is 25.7 Å². The van der Waals surface area contributed by atoms with Crippen molar-refractivity contribution in [3.05, 3.63) is 6.07 Å². The molecule has 6 heteroatoms. The third kappa shape index (κ3) is 2.76. The van der Waals surface area contributed by atoms with E-state index < -0.39 is 0 Å². The Hall–Kier alpha value is -1.56. The standard InChI is InChI=1S/C11H19N5O/c12-9-7-10(15-11(13)14-9)16(5-2-6-17)8-3-1-4-8/h7-8,17H,1-6H2,(H4,12,13,14,15). The number of hydrogen-bond donors (Lipinski definition) is 3. The van der Waals surface area contributed by atoms with Crippen LogP contribution in [0.15, 0.2) is 6.07 Å². The lowest BCUT2D eigenvalue weighted by Gasteiger charge is -2.38. The van der Waals surface area contributed by atoms with Crippen LogP contribution in [0, 0.1) is 0 Å². The van der Waals surface area contributed by atoms with E-state index in [1.165, 1.54) is 6.42 Å². The molecule has 0 aliphatic heterocycles. The molecule has 0 bridgehead atoms. The molecule has 2 rings (SSSR count). The predicted molar refractivity (Wildman–Crippen MR) is 67.5 cm³/mol. The molecule has 94 valence electrons. The Bertz CT molecular complexity index is 360. The lowest BCUT2D eigenvalue weighted by atomic mass is 9.91. The van der Waals surface area contributed by atoms with Gasteiger partial charge < -0.3 is 21.5 Å². The highest BCUT2D eigenvalue weighted by atomic mass is 16.3. The second-order valence-electron chi connectivity index (χ2n) is 4.36. The summed E-state index contributed by atoms with van der Waals surface area (Å²) in [5.74, 6) is 1.36. The van der Waals surface area contributed by atoms with Crippen molar-refractivity contribution >= 4 is 17.6 Å². The Kier molecular flexibility index (Phi) is 3.63. The summed E-state index contributed by atoms with van der Waals surface area (Å²) in [5, 5.41) is 8.93. The van der Waals surface area contributed by atoms with Crippen molar-refractivity contribution in [1.29, 1.82) is 0 Å². The Labute approximate surface area is 101 Å². The average Bonchev–Trinajstić information content (AvgIpc) is 2.19. The smallest absolute Gasteiger partial charge is 0.223 e. The first kappa shape index (κ1) is 11.9. The van der Waals surface area contributed by atoms with Crippen LogP contribution in [0.4, 0.5) is 17.6 Å². The topological polar surface area (TPSA) is 101 Å². The monoisotopic (exact) mass is 237 g/mol. The molecular formula is C11H19N5O. The van der Waals surface area contributed by atoms with E-state index in [4.69, 9.17) is 16.6 Å². The second kappa shape index (κ2) is 5.18. The van der Waals surface area contributed by atoms with E-state index in [1.807, 2.05) is 0 Å². The minimum absolute atomic E-state index is 0.180. The van der Waals surface area contributed by atoms with Gasteiger partial charge in [0.2, 0.25) is 5.95 Å². The Balaban J connectivity index is 2.17. The molecule has 0 spiro atoms. The van der Waals surface area contributed by atoms with Crippen molar-refractivity contribution in [2.75, 3.05) is 29.5 Å². The fourth-order valence-electron chi connectivity index (χ4n) is 2.04. The maximum atomic E-state index is 8.93. The van der Waals surface area contributed by atoms with Crippen LogP contribution >= 0.6 is 0 Å². The highest BCUT2D eigenvalue weighted by Crippen LogP contribution is 2.29. The molecule has 0 unspecified atom stereocenters. The summed E-state index contributed by atoms with van der Waals surface area (Å²) < 4.78 is 0. The molecule has 0 radical (unpaired) electrons. The lowest BCUT2D eigenvalue weighted by Crippen LogP contribution is -2.41. The number of aliphatic hydroxyl groups is 1. The maximum Gasteiger partial charge on any atom is 0.223 e. The molecule has 0 aromatic carbocycles. The van der Waals surface area contributed by atoms with Crippen molar-refractivity contribution in [3.63, 3.8) is 0 Å². The molecule has 6 nitrogen and oxygen atoms in total. The number of rotatable bonds is 5. The first-order valence-electron chi connectivity index (χ1n) is 5.98. The van der Waals surface area contributed by atoms with Crippen molar-refractivity contribution < 1.29 is 5.11 Å². The highest BCUT2D eigenvalue weighted by molar-refractivity contribution is 5.51. The number of aromatic nitrogens is 2. The average molecular weight is 237 g/mol. The molecule has 1 aromatic rings. The van der Waals surface area contributed by atoms with Crippen LogP contribution in [-0.4, -0.2) is 34.3 Å². The molecule has 1 aliphatic carbocycles. The number of hydrogen-bond acceptors (Lipinski definition) is 6. The number of nitrogen functional groups attached to an aromatic ring is 2. The van der Waals surface area contributed by atoms with E-state index in [0.29, 0.717) is 11.9 Å². The van der Waals surface area contributed by atoms with Gasteiger partial charge in [0.25, 0.3) is 0 Å². The van der Waals surface area contributed by atoms with Gasteiger partial charge in [0, 0.05) is 25.3 Å². The van der Waals surface area contributed by atoms with Gasteiger partial charge in [-0.15, -0.1) is 0 Å². The first-order chi connectivity index (χ1) is 8.20. The molecule has 0 saturated heterocycles. The molecule has 17 heavy (non-hydrogen) atoms. The van der Waals surface area contributed by atoms with Crippen LogP contribution in [0.25, 0.3) is 0 Å². The van der Waals surface area contributed by atoms with Gasteiger partial charge >= 0.3 is 0 Å². The molecular weight excluding hydrogens is 218 g/mol. The number of nitrogens with two attached hydrogens (primary N) is 2. The van der Waals surface area contributed by atoms with Gasteiger partial charge in [0.1, 0.15) is 11.6 Å².